The molecule has 8 heteroatoms. The summed E-state index contributed by atoms with van der Waals surface area (Å²) in [5.41, 5.74) is 0. The third kappa shape index (κ3) is 3.08. The van der Waals surface area contributed by atoms with Crippen molar-refractivity contribution in [2.24, 2.45) is 0 Å². The first-order chi connectivity index (χ1) is 9.34. The Kier molecular flexibility index (Phi) is 4.88. The monoisotopic (exact) mass is 425 g/mol. The van der Waals surface area contributed by atoms with Crippen LogP contribution in [0.4, 0.5) is 0 Å². The number of nitrogens with zero attached hydrogens (tertiary/aromatic N) is 1. The van der Waals surface area contributed by atoms with E-state index in [1.807, 2.05) is 0 Å². The third-order valence-corrected chi connectivity index (χ3v) is 6.61. The second kappa shape index (κ2) is 6.13. The van der Waals surface area contributed by atoms with Gasteiger partial charge in [-0.3, -0.25) is 4.79 Å². The minimum Gasteiger partial charge on any atom is -0.480 e. The molecule has 20 heavy (non-hydrogen) atoms. The smallest absolute Gasteiger partial charge is 0.322 e. The van der Waals surface area contributed by atoms with E-state index in [0.717, 1.165) is 10.7 Å². The number of hydrogen-bond acceptors (Lipinski definition) is 3. The number of sulfonamides is 1. The van der Waals surface area contributed by atoms with Gasteiger partial charge in [0.25, 0.3) is 0 Å². The van der Waals surface area contributed by atoms with Gasteiger partial charge >= 0.3 is 5.97 Å². The minimum absolute atomic E-state index is 0.0834. The van der Waals surface area contributed by atoms with Crippen molar-refractivity contribution in [1.29, 1.82) is 0 Å². The molecule has 0 spiro atoms. The highest BCUT2D eigenvalue weighted by atomic mass is 79.9. The molecule has 1 aromatic rings. The van der Waals surface area contributed by atoms with E-state index in [-0.39, 0.29) is 11.4 Å². The number of carboxylic acids is 1. The highest BCUT2D eigenvalue weighted by Gasteiger charge is 2.38. The summed E-state index contributed by atoms with van der Waals surface area (Å²) in [6.07, 6.45) is 1.75. The normalized spacial score (nSPS) is 20.8. The van der Waals surface area contributed by atoms with Gasteiger partial charge in [0.15, 0.2) is 0 Å². The molecule has 1 fully saturated rings. The predicted octanol–water partition coefficient (Wildman–Crippen LogP) is 2.84. The fourth-order valence-electron chi connectivity index (χ4n) is 2.24. The van der Waals surface area contributed by atoms with E-state index in [4.69, 9.17) is 0 Å². The molecule has 1 atom stereocenters. The summed E-state index contributed by atoms with van der Waals surface area (Å²) < 4.78 is 27.5. The Balaban J connectivity index is 2.47. The van der Waals surface area contributed by atoms with Crippen LogP contribution >= 0.6 is 31.9 Å². The number of hydrogen-bond donors (Lipinski definition) is 1. The van der Waals surface area contributed by atoms with Crippen molar-refractivity contribution in [3.8, 4) is 0 Å². The van der Waals surface area contributed by atoms with E-state index in [1.54, 1.807) is 12.1 Å². The summed E-state index contributed by atoms with van der Waals surface area (Å²) in [5.74, 6) is -1.10. The molecular weight excluding hydrogens is 414 g/mol. The van der Waals surface area contributed by atoms with Gasteiger partial charge in [0, 0.05) is 15.5 Å². The number of rotatable bonds is 3. The van der Waals surface area contributed by atoms with E-state index in [9.17, 15) is 18.3 Å². The molecule has 5 nitrogen and oxygen atoms in total. The molecule has 0 aliphatic carbocycles. The fourth-order valence-corrected chi connectivity index (χ4v) is 5.36. The summed E-state index contributed by atoms with van der Waals surface area (Å²) in [6, 6.07) is 3.83. The largest absolute Gasteiger partial charge is 0.480 e. The van der Waals surface area contributed by atoms with E-state index in [0.29, 0.717) is 21.8 Å². The van der Waals surface area contributed by atoms with Crippen molar-refractivity contribution in [1.82, 2.24) is 4.31 Å². The summed E-state index contributed by atoms with van der Waals surface area (Å²) in [5, 5.41) is 9.22. The van der Waals surface area contributed by atoms with Gasteiger partial charge in [-0.25, -0.2) is 8.42 Å². The van der Waals surface area contributed by atoms with Crippen LogP contribution in [0.2, 0.25) is 0 Å². The summed E-state index contributed by atoms with van der Waals surface area (Å²) in [6.45, 7) is 0.234. The molecule has 1 aliphatic rings. The van der Waals surface area contributed by atoms with Gasteiger partial charge in [-0.1, -0.05) is 15.9 Å². The van der Waals surface area contributed by atoms with Crippen LogP contribution in [0.25, 0.3) is 0 Å². The highest BCUT2D eigenvalue weighted by molar-refractivity contribution is 9.11. The van der Waals surface area contributed by atoms with Gasteiger partial charge in [-0.2, -0.15) is 4.31 Å². The Morgan fingerprint density at radius 1 is 1.30 bits per heavy atom. The van der Waals surface area contributed by atoms with Gasteiger partial charge in [0.2, 0.25) is 10.0 Å². The molecule has 1 aliphatic heterocycles. The van der Waals surface area contributed by atoms with Crippen molar-refractivity contribution < 1.29 is 18.3 Å². The van der Waals surface area contributed by atoms with Crippen molar-refractivity contribution in [3.63, 3.8) is 0 Å². The fraction of sp³-hybridized carbons (Fsp3) is 0.417. The van der Waals surface area contributed by atoms with E-state index in [1.165, 1.54) is 6.07 Å². The maximum absolute atomic E-state index is 12.7. The van der Waals surface area contributed by atoms with E-state index < -0.39 is 22.0 Å². The van der Waals surface area contributed by atoms with Crippen LogP contribution in [0.5, 0.6) is 0 Å². The first kappa shape index (κ1) is 15.9. The summed E-state index contributed by atoms with van der Waals surface area (Å²) >= 11 is 6.45. The Morgan fingerprint density at radius 2 is 2.00 bits per heavy atom. The summed E-state index contributed by atoms with van der Waals surface area (Å²) in [4.78, 5) is 11.4. The minimum atomic E-state index is -3.83. The molecule has 0 radical (unpaired) electrons. The Morgan fingerprint density at radius 3 is 2.65 bits per heavy atom. The van der Waals surface area contributed by atoms with Crippen molar-refractivity contribution in [2.75, 3.05) is 6.54 Å². The molecule has 110 valence electrons. The first-order valence-corrected chi connectivity index (χ1v) is 9.06. The standard InChI is InChI=1S/C12H13Br2NO4S/c13-8-4-5-9(14)11(7-8)20(18,19)15-6-2-1-3-10(15)12(16)17/h4-5,7,10H,1-3,6H2,(H,16,17)/t10-/m1/s1. The molecule has 2 rings (SSSR count). The van der Waals surface area contributed by atoms with Gasteiger partial charge in [0.05, 0.1) is 4.90 Å². The van der Waals surface area contributed by atoms with E-state index >= 15 is 0 Å². The van der Waals surface area contributed by atoms with Crippen LogP contribution in [0.15, 0.2) is 32.0 Å². The van der Waals surface area contributed by atoms with Crippen LogP contribution in [0, 0.1) is 0 Å². The molecule has 0 saturated carbocycles. The van der Waals surface area contributed by atoms with Crippen molar-refractivity contribution >= 4 is 47.9 Å². The average Bonchev–Trinajstić information content (AvgIpc) is 2.41. The topological polar surface area (TPSA) is 74.7 Å². The molecule has 1 aromatic carbocycles. The number of carbonyl (C=O) groups is 1. The van der Waals surface area contributed by atoms with E-state index in [2.05, 4.69) is 31.9 Å². The van der Waals surface area contributed by atoms with Gasteiger partial charge in [-0.05, 0) is 53.4 Å². The highest BCUT2D eigenvalue weighted by Crippen LogP contribution is 2.31. The Bertz CT molecular complexity index is 632. The molecule has 0 unspecified atom stereocenters. The molecule has 0 aromatic heterocycles. The number of carboxylic acid groups (broad SMARTS) is 1. The Hall–Kier alpha value is -0.440. The van der Waals surface area contributed by atoms with Crippen LogP contribution < -0.4 is 0 Å². The maximum Gasteiger partial charge on any atom is 0.322 e. The lowest BCUT2D eigenvalue weighted by Crippen LogP contribution is -2.47. The maximum atomic E-state index is 12.7. The zero-order valence-corrected chi connectivity index (χ0v) is 14.4. The third-order valence-electron chi connectivity index (χ3n) is 3.22. The quantitative estimate of drug-likeness (QED) is 0.806. The lowest BCUT2D eigenvalue weighted by atomic mass is 10.1. The predicted molar refractivity (Wildman–Crippen MR) is 81.0 cm³/mol. The number of halogens is 2. The molecule has 1 heterocycles. The first-order valence-electron chi connectivity index (χ1n) is 6.04. The Labute approximate surface area is 134 Å². The zero-order chi connectivity index (χ0) is 14.9. The van der Waals surface area contributed by atoms with Crippen molar-refractivity contribution in [3.05, 3.63) is 27.1 Å². The molecule has 0 bridgehead atoms. The van der Waals surface area contributed by atoms with Crippen LogP contribution in [-0.2, 0) is 14.8 Å². The second-order valence-corrected chi connectivity index (χ2v) is 8.17. The van der Waals surface area contributed by atoms with Crippen LogP contribution in [0.3, 0.4) is 0 Å². The number of piperidine rings is 1. The van der Waals surface area contributed by atoms with Gasteiger partial charge < -0.3 is 5.11 Å². The summed E-state index contributed by atoms with van der Waals surface area (Å²) in [7, 11) is -3.83. The average molecular weight is 427 g/mol. The second-order valence-electron chi connectivity index (χ2n) is 4.54. The van der Waals surface area contributed by atoms with Gasteiger partial charge in [-0.15, -0.1) is 0 Å². The molecule has 1 saturated heterocycles. The number of benzene rings is 1. The molecular formula is C12H13Br2NO4S. The lowest BCUT2D eigenvalue weighted by molar-refractivity contribution is -0.142. The van der Waals surface area contributed by atoms with Crippen molar-refractivity contribution in [2.45, 2.75) is 30.2 Å². The number of aliphatic carboxylic acids is 1. The lowest BCUT2D eigenvalue weighted by Gasteiger charge is -2.32. The van der Waals surface area contributed by atoms with Crippen LogP contribution in [0.1, 0.15) is 19.3 Å². The van der Waals surface area contributed by atoms with Gasteiger partial charge in [0.1, 0.15) is 6.04 Å². The zero-order valence-electron chi connectivity index (χ0n) is 10.4. The molecule has 1 N–H and O–H groups in total. The SMILES string of the molecule is O=C(O)[C@H]1CCCCN1S(=O)(=O)c1cc(Br)ccc1Br. The van der Waals surface area contributed by atoms with Crippen LogP contribution in [-0.4, -0.2) is 36.4 Å². The molecule has 0 amide bonds.